The lowest BCUT2D eigenvalue weighted by atomic mass is 10.1. The summed E-state index contributed by atoms with van der Waals surface area (Å²) in [5.74, 6) is -0.981. The van der Waals surface area contributed by atoms with Crippen LogP contribution in [0.25, 0.3) is 0 Å². The summed E-state index contributed by atoms with van der Waals surface area (Å²) in [7, 11) is 1.29. The van der Waals surface area contributed by atoms with Crippen LogP contribution >= 0.6 is 0 Å². The highest BCUT2D eigenvalue weighted by Crippen LogP contribution is 2.22. The number of aromatic amines is 1. The molecule has 1 aliphatic heterocycles. The van der Waals surface area contributed by atoms with Gasteiger partial charge in [-0.05, 0) is 6.42 Å². The number of hydrogen-bond acceptors (Lipinski definition) is 5. The zero-order valence-corrected chi connectivity index (χ0v) is 10.8. The molecule has 7 nitrogen and oxygen atoms in total. The van der Waals surface area contributed by atoms with E-state index in [9.17, 15) is 14.4 Å². The van der Waals surface area contributed by atoms with Crippen LogP contribution in [0, 0.1) is 5.92 Å². The summed E-state index contributed by atoms with van der Waals surface area (Å²) < 4.78 is 4.63. The Labute approximate surface area is 109 Å². The molecule has 1 amide bonds. The predicted octanol–water partition coefficient (Wildman–Crippen LogP) is -0.142. The number of esters is 1. The Morgan fingerprint density at radius 3 is 2.95 bits per heavy atom. The van der Waals surface area contributed by atoms with Crippen molar-refractivity contribution >= 4 is 17.8 Å². The molecule has 2 rings (SSSR count). The summed E-state index contributed by atoms with van der Waals surface area (Å²) in [5.41, 5.74) is 0.296. The van der Waals surface area contributed by atoms with Gasteiger partial charge in [0.2, 0.25) is 11.9 Å². The molecule has 0 saturated carbocycles. The molecule has 2 heterocycles. The number of aryl methyl sites for hydroxylation is 1. The third-order valence-corrected chi connectivity index (χ3v) is 3.06. The minimum atomic E-state index is -0.506. The monoisotopic (exact) mass is 265 g/mol. The fourth-order valence-corrected chi connectivity index (χ4v) is 2.04. The molecule has 0 aliphatic carbocycles. The summed E-state index contributed by atoms with van der Waals surface area (Å²) in [6, 6.07) is 1.39. The van der Waals surface area contributed by atoms with E-state index in [0.717, 1.165) is 0 Å². The van der Waals surface area contributed by atoms with E-state index in [4.69, 9.17) is 0 Å². The van der Waals surface area contributed by atoms with Crippen molar-refractivity contribution in [3.05, 3.63) is 22.1 Å². The molecule has 1 saturated heterocycles. The van der Waals surface area contributed by atoms with Gasteiger partial charge in [0.1, 0.15) is 0 Å². The third kappa shape index (κ3) is 2.64. The van der Waals surface area contributed by atoms with Crippen molar-refractivity contribution < 1.29 is 14.3 Å². The zero-order valence-electron chi connectivity index (χ0n) is 10.8. The highest BCUT2D eigenvalue weighted by Gasteiger charge is 2.36. The van der Waals surface area contributed by atoms with Gasteiger partial charge in [0.05, 0.1) is 13.0 Å². The van der Waals surface area contributed by atoms with E-state index in [-0.39, 0.29) is 30.4 Å². The summed E-state index contributed by atoms with van der Waals surface area (Å²) in [5, 5.41) is 0. The summed E-state index contributed by atoms with van der Waals surface area (Å²) in [4.78, 5) is 42.8. The topological polar surface area (TPSA) is 92.4 Å². The maximum absolute atomic E-state index is 11.9. The second-order valence-electron chi connectivity index (χ2n) is 4.34. The summed E-state index contributed by atoms with van der Waals surface area (Å²) in [6.45, 7) is 2.05. The van der Waals surface area contributed by atoms with Crippen LogP contribution in [0.2, 0.25) is 0 Å². The van der Waals surface area contributed by atoms with Crippen molar-refractivity contribution in [2.45, 2.75) is 19.8 Å². The van der Waals surface area contributed by atoms with Gasteiger partial charge in [0.15, 0.2) is 0 Å². The highest BCUT2D eigenvalue weighted by molar-refractivity contribution is 5.98. The number of aromatic nitrogens is 2. The molecule has 0 spiro atoms. The summed E-state index contributed by atoms with van der Waals surface area (Å²) in [6.07, 6.45) is 0.673. The number of hydrogen-bond donors (Lipinski definition) is 1. The van der Waals surface area contributed by atoms with Crippen molar-refractivity contribution in [3.8, 4) is 0 Å². The Hall–Kier alpha value is -2.18. The number of anilines is 1. The Balaban J connectivity index is 2.27. The first-order valence-electron chi connectivity index (χ1n) is 6.03. The van der Waals surface area contributed by atoms with E-state index in [0.29, 0.717) is 12.1 Å². The predicted molar refractivity (Wildman–Crippen MR) is 66.7 cm³/mol. The Bertz CT molecular complexity index is 566. The van der Waals surface area contributed by atoms with Crippen LogP contribution in [0.3, 0.4) is 0 Å². The average Bonchev–Trinajstić information content (AvgIpc) is 2.79. The van der Waals surface area contributed by atoms with E-state index < -0.39 is 11.9 Å². The van der Waals surface area contributed by atoms with E-state index in [1.54, 1.807) is 0 Å². The van der Waals surface area contributed by atoms with Crippen molar-refractivity contribution in [3.63, 3.8) is 0 Å². The molecule has 102 valence electrons. The second kappa shape index (κ2) is 5.21. The molecule has 0 bridgehead atoms. The number of carbonyl (C=O) groups excluding carboxylic acids is 2. The van der Waals surface area contributed by atoms with E-state index >= 15 is 0 Å². The Morgan fingerprint density at radius 2 is 2.32 bits per heavy atom. The first-order valence-corrected chi connectivity index (χ1v) is 6.03. The largest absolute Gasteiger partial charge is 0.469 e. The molecule has 7 heteroatoms. The van der Waals surface area contributed by atoms with Gasteiger partial charge in [0, 0.05) is 24.7 Å². The first kappa shape index (κ1) is 13.3. The molecular weight excluding hydrogens is 250 g/mol. The van der Waals surface area contributed by atoms with Crippen LogP contribution in [0.15, 0.2) is 10.9 Å². The SMILES string of the molecule is CCc1cc(=O)[nH]c(N2CC(C(=O)OC)CC2=O)n1. The van der Waals surface area contributed by atoms with E-state index in [2.05, 4.69) is 14.7 Å². The van der Waals surface area contributed by atoms with E-state index in [1.807, 2.05) is 6.92 Å². The Morgan fingerprint density at radius 1 is 1.58 bits per heavy atom. The molecule has 1 fully saturated rings. The number of carbonyl (C=O) groups is 2. The molecule has 19 heavy (non-hydrogen) atoms. The summed E-state index contributed by atoms with van der Waals surface area (Å²) >= 11 is 0. The van der Waals surface area contributed by atoms with Gasteiger partial charge in [-0.3, -0.25) is 24.3 Å². The minimum absolute atomic E-state index is 0.0761. The van der Waals surface area contributed by atoms with Gasteiger partial charge in [-0.2, -0.15) is 0 Å². The number of nitrogens with zero attached hydrogens (tertiary/aromatic N) is 2. The lowest BCUT2D eigenvalue weighted by Gasteiger charge is -2.15. The van der Waals surface area contributed by atoms with E-state index in [1.165, 1.54) is 18.1 Å². The van der Waals surface area contributed by atoms with Crippen LogP contribution in [-0.4, -0.2) is 35.5 Å². The van der Waals surface area contributed by atoms with Crippen molar-refractivity contribution in [1.82, 2.24) is 9.97 Å². The molecule has 0 aromatic carbocycles. The lowest BCUT2D eigenvalue weighted by molar-refractivity contribution is -0.145. The van der Waals surface area contributed by atoms with Crippen molar-refractivity contribution in [2.75, 3.05) is 18.6 Å². The maximum Gasteiger partial charge on any atom is 0.311 e. The molecule has 1 aromatic rings. The van der Waals surface area contributed by atoms with Gasteiger partial charge in [-0.25, -0.2) is 4.98 Å². The Kier molecular flexibility index (Phi) is 3.64. The third-order valence-electron chi connectivity index (χ3n) is 3.06. The molecule has 1 aliphatic rings. The fourth-order valence-electron chi connectivity index (χ4n) is 2.04. The van der Waals surface area contributed by atoms with Gasteiger partial charge in [-0.1, -0.05) is 6.92 Å². The van der Waals surface area contributed by atoms with Crippen molar-refractivity contribution in [1.29, 1.82) is 0 Å². The molecule has 1 atom stereocenters. The van der Waals surface area contributed by atoms with Gasteiger partial charge in [0.25, 0.3) is 5.56 Å². The number of methoxy groups -OCH3 is 1. The van der Waals surface area contributed by atoms with Crippen LogP contribution in [0.1, 0.15) is 19.0 Å². The smallest absolute Gasteiger partial charge is 0.311 e. The second-order valence-corrected chi connectivity index (χ2v) is 4.34. The zero-order chi connectivity index (χ0) is 14.0. The lowest BCUT2D eigenvalue weighted by Crippen LogP contribution is -2.30. The number of ether oxygens (including phenoxy) is 1. The van der Waals surface area contributed by atoms with Gasteiger partial charge < -0.3 is 4.74 Å². The first-order chi connectivity index (χ1) is 9.05. The minimum Gasteiger partial charge on any atom is -0.469 e. The highest BCUT2D eigenvalue weighted by atomic mass is 16.5. The average molecular weight is 265 g/mol. The maximum atomic E-state index is 11.9. The number of rotatable bonds is 3. The fraction of sp³-hybridized carbons (Fsp3) is 0.500. The van der Waals surface area contributed by atoms with Crippen LogP contribution < -0.4 is 10.5 Å². The molecule has 1 unspecified atom stereocenters. The van der Waals surface area contributed by atoms with Crippen molar-refractivity contribution in [2.24, 2.45) is 5.92 Å². The van der Waals surface area contributed by atoms with Crippen LogP contribution in [0.4, 0.5) is 5.95 Å². The molecule has 0 radical (unpaired) electrons. The quantitative estimate of drug-likeness (QED) is 0.768. The number of H-pyrrole nitrogens is 1. The molecular formula is C12H15N3O4. The molecule has 1 aromatic heterocycles. The van der Waals surface area contributed by atoms with Crippen LogP contribution in [0.5, 0.6) is 0 Å². The van der Waals surface area contributed by atoms with Crippen LogP contribution in [-0.2, 0) is 20.7 Å². The standard InChI is InChI=1S/C12H15N3O4/c1-3-8-5-9(16)14-12(13-8)15-6-7(4-10(15)17)11(18)19-2/h5,7H,3-4,6H2,1-2H3,(H,13,14,16). The van der Waals surface area contributed by atoms with Gasteiger partial charge >= 0.3 is 5.97 Å². The molecule has 1 N–H and O–H groups in total. The van der Waals surface area contributed by atoms with Gasteiger partial charge in [-0.15, -0.1) is 0 Å². The number of amides is 1. The number of nitrogens with one attached hydrogen (secondary N) is 1. The normalized spacial score (nSPS) is 18.7.